The number of carbonyl (C=O) groups excluding carboxylic acids is 3. The van der Waals surface area contributed by atoms with Crippen molar-refractivity contribution in [2.45, 2.75) is 13.0 Å². The molecule has 1 atom stereocenters. The van der Waals surface area contributed by atoms with Gasteiger partial charge in [0.1, 0.15) is 17.1 Å². The zero-order chi connectivity index (χ0) is 15.6. The van der Waals surface area contributed by atoms with Crippen molar-refractivity contribution in [2.75, 3.05) is 6.61 Å². The van der Waals surface area contributed by atoms with Crippen molar-refractivity contribution < 1.29 is 33.4 Å². The monoisotopic (exact) mass is 294 g/mol. The molecule has 1 aliphatic rings. The molecule has 6 nitrogen and oxygen atoms in total. The smallest absolute Gasteiger partial charge is 0.380 e. The van der Waals surface area contributed by atoms with Gasteiger partial charge >= 0.3 is 11.9 Å². The Balaban J connectivity index is 2.47. The molecule has 0 radical (unpaired) electrons. The fourth-order valence-electron chi connectivity index (χ4n) is 1.83. The molecule has 7 heteroatoms. The Kier molecular flexibility index (Phi) is 4.02. The molecule has 2 rings (SSSR count). The van der Waals surface area contributed by atoms with E-state index in [1.54, 1.807) is 6.92 Å². The van der Waals surface area contributed by atoms with Crippen LogP contribution in [0.5, 0.6) is 0 Å². The lowest BCUT2D eigenvalue weighted by Gasteiger charge is -2.10. The summed E-state index contributed by atoms with van der Waals surface area (Å²) in [7, 11) is 0. The number of benzene rings is 1. The maximum absolute atomic E-state index is 12.9. The molecular formula is C14H11FO6. The fraction of sp³-hybridized carbons (Fsp3) is 0.214. The van der Waals surface area contributed by atoms with Gasteiger partial charge in [-0.3, -0.25) is 4.79 Å². The Labute approximate surface area is 118 Å². The molecule has 1 aromatic rings. The van der Waals surface area contributed by atoms with Crippen molar-refractivity contribution in [1.82, 2.24) is 0 Å². The van der Waals surface area contributed by atoms with Crippen molar-refractivity contribution in [3.05, 3.63) is 41.2 Å². The Morgan fingerprint density at radius 3 is 2.52 bits per heavy atom. The number of ketones is 1. The Hall–Kier alpha value is -2.70. The number of cyclic esters (lactones) is 1. The molecule has 1 aromatic carbocycles. The molecule has 0 amide bonds. The molecule has 0 aliphatic carbocycles. The molecule has 0 aromatic heterocycles. The number of ether oxygens (including phenoxy) is 2. The van der Waals surface area contributed by atoms with Crippen LogP contribution < -0.4 is 0 Å². The first-order valence-corrected chi connectivity index (χ1v) is 6.06. The van der Waals surface area contributed by atoms with Crippen molar-refractivity contribution >= 4 is 23.5 Å². The lowest BCUT2D eigenvalue weighted by molar-refractivity contribution is -0.160. The van der Waals surface area contributed by atoms with Gasteiger partial charge in [0.2, 0.25) is 6.10 Å². The van der Waals surface area contributed by atoms with Crippen LogP contribution in [0.2, 0.25) is 0 Å². The van der Waals surface area contributed by atoms with E-state index in [9.17, 15) is 23.9 Å². The summed E-state index contributed by atoms with van der Waals surface area (Å²) in [6.07, 6.45) is -1.62. The second-order valence-electron chi connectivity index (χ2n) is 4.14. The molecule has 1 unspecified atom stereocenters. The predicted molar refractivity (Wildman–Crippen MR) is 67.5 cm³/mol. The van der Waals surface area contributed by atoms with E-state index in [1.807, 2.05) is 0 Å². The van der Waals surface area contributed by atoms with E-state index in [0.717, 1.165) is 12.1 Å². The average Bonchev–Trinajstić information content (AvgIpc) is 2.75. The van der Waals surface area contributed by atoms with Gasteiger partial charge in [-0.05, 0) is 31.2 Å². The van der Waals surface area contributed by atoms with Crippen LogP contribution in [0.4, 0.5) is 4.39 Å². The Bertz CT molecular complexity index is 631. The lowest BCUT2D eigenvalue weighted by Crippen LogP contribution is -2.25. The average molecular weight is 294 g/mol. The molecule has 0 bridgehead atoms. The highest BCUT2D eigenvalue weighted by Crippen LogP contribution is 2.27. The van der Waals surface area contributed by atoms with Gasteiger partial charge < -0.3 is 14.6 Å². The number of halogens is 1. The van der Waals surface area contributed by atoms with E-state index in [0.29, 0.717) is 0 Å². The van der Waals surface area contributed by atoms with Gasteiger partial charge in [0, 0.05) is 5.56 Å². The van der Waals surface area contributed by atoms with Crippen molar-refractivity contribution in [1.29, 1.82) is 0 Å². The Morgan fingerprint density at radius 2 is 1.95 bits per heavy atom. The van der Waals surface area contributed by atoms with E-state index in [4.69, 9.17) is 0 Å². The Morgan fingerprint density at radius 1 is 1.33 bits per heavy atom. The first-order valence-electron chi connectivity index (χ1n) is 6.06. The van der Waals surface area contributed by atoms with Gasteiger partial charge in [0.05, 0.1) is 6.61 Å². The zero-order valence-electron chi connectivity index (χ0n) is 11.0. The van der Waals surface area contributed by atoms with Crippen LogP contribution in [-0.2, 0) is 23.9 Å². The van der Waals surface area contributed by atoms with Gasteiger partial charge in [0.15, 0.2) is 0 Å². The zero-order valence-corrected chi connectivity index (χ0v) is 11.0. The number of hydrogen-bond acceptors (Lipinski definition) is 6. The van der Waals surface area contributed by atoms with Gasteiger partial charge in [-0.25, -0.2) is 14.0 Å². The summed E-state index contributed by atoms with van der Waals surface area (Å²) in [5.74, 6) is -4.50. The van der Waals surface area contributed by atoms with Crippen molar-refractivity contribution in [3.63, 3.8) is 0 Å². The summed E-state index contributed by atoms with van der Waals surface area (Å²) >= 11 is 0. The number of esters is 2. The summed E-state index contributed by atoms with van der Waals surface area (Å²) in [5, 5.41) is 10.1. The highest BCUT2D eigenvalue weighted by Gasteiger charge is 2.46. The standard InChI is InChI=1S/C14H11FO6/c1-2-20-14(19)12-9(11(17)13(18)21-12)10(16)7-3-5-8(15)6-4-7/h3-6,12,16H,2H2,1H3/b10-9-. The molecule has 110 valence electrons. The van der Waals surface area contributed by atoms with Crippen molar-refractivity contribution in [3.8, 4) is 0 Å². The third-order valence-corrected chi connectivity index (χ3v) is 2.79. The summed E-state index contributed by atoms with van der Waals surface area (Å²) < 4.78 is 22.1. The number of aliphatic hydroxyl groups excluding tert-OH is 1. The van der Waals surface area contributed by atoms with Crippen LogP contribution >= 0.6 is 0 Å². The summed E-state index contributed by atoms with van der Waals surface area (Å²) in [6, 6.07) is 4.53. The minimum atomic E-state index is -1.62. The highest BCUT2D eigenvalue weighted by molar-refractivity contribution is 6.45. The van der Waals surface area contributed by atoms with Crippen LogP contribution in [0.3, 0.4) is 0 Å². The SMILES string of the molecule is CCOC(=O)C1OC(=O)C(=O)/C1=C(/O)c1ccc(F)cc1. The van der Waals surface area contributed by atoms with Gasteiger partial charge in [0.25, 0.3) is 5.78 Å². The molecule has 1 heterocycles. The van der Waals surface area contributed by atoms with E-state index in [2.05, 4.69) is 9.47 Å². The maximum Gasteiger partial charge on any atom is 0.380 e. The molecular weight excluding hydrogens is 283 g/mol. The lowest BCUT2D eigenvalue weighted by atomic mass is 10.0. The van der Waals surface area contributed by atoms with Gasteiger partial charge in [-0.1, -0.05) is 0 Å². The molecule has 0 spiro atoms. The first kappa shape index (κ1) is 14.7. The quantitative estimate of drug-likeness (QED) is 0.389. The maximum atomic E-state index is 12.9. The summed E-state index contributed by atoms with van der Waals surface area (Å²) in [6.45, 7) is 1.56. The van der Waals surface area contributed by atoms with Crippen LogP contribution in [0.1, 0.15) is 12.5 Å². The van der Waals surface area contributed by atoms with Crippen LogP contribution in [-0.4, -0.2) is 35.5 Å². The second-order valence-corrected chi connectivity index (χ2v) is 4.14. The third kappa shape index (κ3) is 2.76. The van der Waals surface area contributed by atoms with Crippen LogP contribution in [0.25, 0.3) is 5.76 Å². The number of Topliss-reactive ketones (excluding diaryl/α,β-unsaturated/α-hetero) is 1. The van der Waals surface area contributed by atoms with Gasteiger partial charge in [-0.15, -0.1) is 0 Å². The minimum absolute atomic E-state index is 0.0195. The molecule has 1 N–H and O–H groups in total. The molecule has 1 aliphatic heterocycles. The van der Waals surface area contributed by atoms with Crippen molar-refractivity contribution in [2.24, 2.45) is 0 Å². The summed E-state index contributed by atoms with van der Waals surface area (Å²) in [4.78, 5) is 34.7. The van der Waals surface area contributed by atoms with Crippen LogP contribution in [0, 0.1) is 5.82 Å². The minimum Gasteiger partial charge on any atom is -0.507 e. The molecule has 21 heavy (non-hydrogen) atoms. The molecule has 1 fully saturated rings. The van der Waals surface area contributed by atoms with Gasteiger partial charge in [-0.2, -0.15) is 0 Å². The number of aliphatic hydroxyl groups is 1. The largest absolute Gasteiger partial charge is 0.507 e. The van der Waals surface area contributed by atoms with E-state index >= 15 is 0 Å². The second kappa shape index (κ2) is 5.74. The van der Waals surface area contributed by atoms with E-state index in [-0.39, 0.29) is 12.2 Å². The normalized spacial score (nSPS) is 20.2. The number of rotatable bonds is 3. The topological polar surface area (TPSA) is 89.9 Å². The highest BCUT2D eigenvalue weighted by atomic mass is 19.1. The first-order chi connectivity index (χ1) is 9.95. The number of carbonyl (C=O) groups is 3. The molecule has 1 saturated heterocycles. The third-order valence-electron chi connectivity index (χ3n) is 2.79. The van der Waals surface area contributed by atoms with E-state index in [1.165, 1.54) is 12.1 Å². The summed E-state index contributed by atoms with van der Waals surface area (Å²) in [5.41, 5.74) is -0.433. The van der Waals surface area contributed by atoms with Crippen LogP contribution in [0.15, 0.2) is 29.8 Å². The predicted octanol–water partition coefficient (Wildman–Crippen LogP) is 1.15. The molecule has 0 saturated carbocycles. The number of hydrogen-bond donors (Lipinski definition) is 1. The fourth-order valence-corrected chi connectivity index (χ4v) is 1.83. The van der Waals surface area contributed by atoms with E-state index < -0.39 is 41.0 Å².